The molecular formula is C20H22FN5O. The van der Waals surface area contributed by atoms with Crippen molar-refractivity contribution in [2.45, 2.75) is 45.8 Å². The second kappa shape index (κ2) is 6.33. The Kier molecular flexibility index (Phi) is 4.09. The lowest BCUT2D eigenvalue weighted by molar-refractivity contribution is 0.598. The van der Waals surface area contributed by atoms with E-state index in [9.17, 15) is 9.18 Å². The summed E-state index contributed by atoms with van der Waals surface area (Å²) in [5, 5.41) is 3.27. The van der Waals surface area contributed by atoms with Gasteiger partial charge in [-0.25, -0.2) is 19.0 Å². The fourth-order valence-corrected chi connectivity index (χ4v) is 3.44. The molecule has 4 rings (SSSR count). The normalized spacial score (nSPS) is 13.6. The predicted octanol–water partition coefficient (Wildman–Crippen LogP) is 3.53. The van der Waals surface area contributed by atoms with Crippen molar-refractivity contribution in [1.82, 2.24) is 19.3 Å². The molecule has 0 bridgehead atoms. The molecular weight excluding hydrogens is 345 g/mol. The lowest BCUT2D eigenvalue weighted by Crippen LogP contribution is -2.27. The van der Waals surface area contributed by atoms with Crippen LogP contribution in [0, 0.1) is 5.82 Å². The zero-order valence-electron chi connectivity index (χ0n) is 15.7. The smallest absolute Gasteiger partial charge is 0.275 e. The molecule has 0 unspecified atom stereocenters. The highest BCUT2D eigenvalue weighted by atomic mass is 19.1. The summed E-state index contributed by atoms with van der Waals surface area (Å²) < 4.78 is 17.1. The van der Waals surface area contributed by atoms with Gasteiger partial charge in [0, 0.05) is 24.8 Å². The molecule has 6 nitrogen and oxygen atoms in total. The van der Waals surface area contributed by atoms with E-state index in [-0.39, 0.29) is 16.9 Å². The molecule has 140 valence electrons. The van der Waals surface area contributed by atoms with E-state index in [2.05, 4.69) is 15.3 Å². The van der Waals surface area contributed by atoms with Crippen molar-refractivity contribution in [2.24, 2.45) is 0 Å². The number of nitrogens with zero attached hydrogens (tertiary/aromatic N) is 4. The van der Waals surface area contributed by atoms with Crippen LogP contribution in [0.25, 0.3) is 22.5 Å². The zero-order valence-corrected chi connectivity index (χ0v) is 15.7. The minimum Gasteiger partial charge on any atom is -0.350 e. The molecule has 1 aliphatic heterocycles. The number of anilines is 1. The van der Waals surface area contributed by atoms with Gasteiger partial charge in [0.25, 0.3) is 5.56 Å². The molecule has 0 amide bonds. The average Bonchev–Trinajstić information content (AvgIpc) is 3.17. The van der Waals surface area contributed by atoms with Crippen LogP contribution in [-0.4, -0.2) is 24.9 Å². The van der Waals surface area contributed by atoms with Gasteiger partial charge in [0.1, 0.15) is 5.82 Å². The van der Waals surface area contributed by atoms with Crippen LogP contribution >= 0.6 is 0 Å². The summed E-state index contributed by atoms with van der Waals surface area (Å²) in [5.41, 5.74) is 2.41. The van der Waals surface area contributed by atoms with Crippen molar-refractivity contribution in [3.63, 3.8) is 0 Å². The molecule has 0 saturated heterocycles. The van der Waals surface area contributed by atoms with Crippen molar-refractivity contribution in [2.75, 3.05) is 5.32 Å². The van der Waals surface area contributed by atoms with Gasteiger partial charge in [-0.2, -0.15) is 0 Å². The highest BCUT2D eigenvalue weighted by Crippen LogP contribution is 2.31. The number of hydrogen-bond acceptors (Lipinski definition) is 4. The van der Waals surface area contributed by atoms with Crippen LogP contribution in [0.1, 0.15) is 27.2 Å². The molecule has 27 heavy (non-hydrogen) atoms. The third-order valence-electron chi connectivity index (χ3n) is 4.49. The van der Waals surface area contributed by atoms with E-state index in [0.717, 1.165) is 18.7 Å². The molecule has 3 heterocycles. The summed E-state index contributed by atoms with van der Waals surface area (Å²) in [6, 6.07) is 7.83. The average molecular weight is 367 g/mol. The molecule has 0 aliphatic carbocycles. The number of halogens is 1. The van der Waals surface area contributed by atoms with Crippen molar-refractivity contribution < 1.29 is 4.39 Å². The first-order valence-electron chi connectivity index (χ1n) is 9.05. The van der Waals surface area contributed by atoms with Crippen LogP contribution in [0.15, 0.2) is 41.3 Å². The number of rotatable bonds is 3. The van der Waals surface area contributed by atoms with E-state index in [1.807, 2.05) is 31.5 Å². The van der Waals surface area contributed by atoms with Gasteiger partial charge in [0.15, 0.2) is 0 Å². The van der Waals surface area contributed by atoms with Crippen LogP contribution in [-0.2, 0) is 13.1 Å². The Bertz CT molecular complexity index is 1040. The highest BCUT2D eigenvalue weighted by molar-refractivity contribution is 5.79. The van der Waals surface area contributed by atoms with Gasteiger partial charge in [-0.05, 0) is 51.0 Å². The van der Waals surface area contributed by atoms with Gasteiger partial charge in [0.2, 0.25) is 5.95 Å². The molecule has 7 heteroatoms. The van der Waals surface area contributed by atoms with Crippen LogP contribution in [0.2, 0.25) is 0 Å². The molecule has 3 aromatic rings. The number of nitrogens with one attached hydrogen (secondary N) is 1. The maximum Gasteiger partial charge on any atom is 0.275 e. The second-order valence-corrected chi connectivity index (χ2v) is 7.78. The van der Waals surface area contributed by atoms with E-state index in [4.69, 9.17) is 0 Å². The first-order chi connectivity index (χ1) is 12.8. The monoisotopic (exact) mass is 367 g/mol. The lowest BCUT2D eigenvalue weighted by atomic mass is 10.0. The Hall–Kier alpha value is -2.96. The summed E-state index contributed by atoms with van der Waals surface area (Å²) in [6.07, 6.45) is 2.60. The van der Waals surface area contributed by atoms with Crippen molar-refractivity contribution in [1.29, 1.82) is 0 Å². The molecule has 1 N–H and O–H groups in total. The summed E-state index contributed by atoms with van der Waals surface area (Å²) >= 11 is 0. The van der Waals surface area contributed by atoms with Crippen LogP contribution in [0.3, 0.4) is 0 Å². The third kappa shape index (κ3) is 3.25. The zero-order chi connectivity index (χ0) is 19.2. The van der Waals surface area contributed by atoms with Gasteiger partial charge < -0.3 is 5.32 Å². The summed E-state index contributed by atoms with van der Waals surface area (Å²) in [7, 11) is 0. The van der Waals surface area contributed by atoms with E-state index < -0.39 is 0 Å². The van der Waals surface area contributed by atoms with Gasteiger partial charge in [-0.15, -0.1) is 0 Å². The Morgan fingerprint density at radius 2 is 1.78 bits per heavy atom. The number of fused-ring (bicyclic) bond motifs is 1. The molecule has 0 radical (unpaired) electrons. The molecule has 0 atom stereocenters. The molecule has 2 aromatic heterocycles. The molecule has 0 saturated carbocycles. The minimum absolute atomic E-state index is 0.0712. The minimum atomic E-state index is -0.328. The Labute approximate surface area is 156 Å². The van der Waals surface area contributed by atoms with Crippen LogP contribution in [0.5, 0.6) is 0 Å². The summed E-state index contributed by atoms with van der Waals surface area (Å²) in [6.45, 7) is 7.53. The van der Waals surface area contributed by atoms with Gasteiger partial charge in [-0.3, -0.25) is 9.48 Å². The van der Waals surface area contributed by atoms with E-state index in [1.165, 1.54) is 12.1 Å². The SMILES string of the molecule is CC(C)(C)Nc1nccc(-c2c(-c3ccc(F)cc3)c(=O)n3n2CCC3)n1. The lowest BCUT2D eigenvalue weighted by Gasteiger charge is -2.20. The Balaban J connectivity index is 1.91. The Morgan fingerprint density at radius 1 is 1.07 bits per heavy atom. The fraction of sp³-hybridized carbons (Fsp3) is 0.350. The topological polar surface area (TPSA) is 64.7 Å². The van der Waals surface area contributed by atoms with Crippen molar-refractivity contribution in [3.8, 4) is 22.5 Å². The van der Waals surface area contributed by atoms with E-state index in [0.29, 0.717) is 29.3 Å². The number of aromatic nitrogens is 4. The largest absolute Gasteiger partial charge is 0.350 e. The molecule has 1 aromatic carbocycles. The molecule has 0 spiro atoms. The maximum absolute atomic E-state index is 13.4. The Morgan fingerprint density at radius 3 is 2.48 bits per heavy atom. The van der Waals surface area contributed by atoms with Gasteiger partial charge >= 0.3 is 0 Å². The van der Waals surface area contributed by atoms with Crippen molar-refractivity contribution in [3.05, 3.63) is 52.7 Å². The predicted molar refractivity (Wildman–Crippen MR) is 103 cm³/mol. The maximum atomic E-state index is 13.4. The quantitative estimate of drug-likeness (QED) is 0.769. The third-order valence-corrected chi connectivity index (χ3v) is 4.49. The second-order valence-electron chi connectivity index (χ2n) is 7.78. The fourth-order valence-electron chi connectivity index (χ4n) is 3.44. The van der Waals surface area contributed by atoms with Crippen LogP contribution in [0.4, 0.5) is 10.3 Å². The molecule has 0 fully saturated rings. The van der Waals surface area contributed by atoms with Gasteiger partial charge in [0.05, 0.1) is 17.0 Å². The van der Waals surface area contributed by atoms with E-state index in [1.54, 1.807) is 23.0 Å². The first-order valence-corrected chi connectivity index (χ1v) is 9.05. The summed E-state index contributed by atoms with van der Waals surface area (Å²) in [4.78, 5) is 22.0. The standard InChI is InChI=1S/C20H22FN5O/c1-20(2,3)24-19-22-10-9-15(23-19)17-16(13-5-7-14(21)8-6-13)18(27)26-12-4-11-25(17)26/h5-10H,4,11-12H2,1-3H3,(H,22,23,24). The van der Waals surface area contributed by atoms with E-state index >= 15 is 0 Å². The van der Waals surface area contributed by atoms with Crippen LogP contribution < -0.4 is 10.9 Å². The first kappa shape index (κ1) is 17.5. The molecule has 1 aliphatic rings. The summed E-state index contributed by atoms with van der Waals surface area (Å²) in [5.74, 6) is 0.182. The number of benzene rings is 1. The highest BCUT2D eigenvalue weighted by Gasteiger charge is 2.26. The number of hydrogen-bond donors (Lipinski definition) is 1. The van der Waals surface area contributed by atoms with Crippen molar-refractivity contribution >= 4 is 5.95 Å². The van der Waals surface area contributed by atoms with Gasteiger partial charge in [-0.1, -0.05) is 12.1 Å².